The molecule has 3 amide bonds. The van der Waals surface area contributed by atoms with Gasteiger partial charge in [0.25, 0.3) is 0 Å². The Balaban J connectivity index is 1.70. The molecule has 8 heteroatoms. The summed E-state index contributed by atoms with van der Waals surface area (Å²) in [5, 5.41) is 8.83. The SMILES string of the molecule is Cc1cccc([C@H]2CC[C@H](NC(=O)OC(C)(C)C)[C@@H](NC(=O)[C@@H](NC(=O)OCc3ccccc3)C(C)C)C2)c1. The van der Waals surface area contributed by atoms with Crippen molar-refractivity contribution >= 4 is 18.1 Å². The summed E-state index contributed by atoms with van der Waals surface area (Å²) in [4.78, 5) is 38.7. The number of carbonyl (C=O) groups is 3. The van der Waals surface area contributed by atoms with Gasteiger partial charge >= 0.3 is 12.2 Å². The molecule has 0 bridgehead atoms. The molecule has 39 heavy (non-hydrogen) atoms. The molecule has 0 radical (unpaired) electrons. The zero-order valence-corrected chi connectivity index (χ0v) is 24.0. The summed E-state index contributed by atoms with van der Waals surface area (Å²) in [6.45, 7) is 11.4. The molecular weight excluding hydrogens is 494 g/mol. The zero-order valence-electron chi connectivity index (χ0n) is 24.0. The fraction of sp³-hybridized carbons (Fsp3) is 0.516. The number of ether oxygens (including phenoxy) is 2. The number of aryl methyl sites for hydroxylation is 1. The highest BCUT2D eigenvalue weighted by Gasteiger charge is 2.36. The number of rotatable bonds is 8. The molecule has 0 heterocycles. The Morgan fingerprint density at radius 2 is 1.64 bits per heavy atom. The number of hydrogen-bond acceptors (Lipinski definition) is 5. The van der Waals surface area contributed by atoms with E-state index in [9.17, 15) is 14.4 Å². The number of carbonyl (C=O) groups excluding carboxylic acids is 3. The van der Waals surface area contributed by atoms with Gasteiger partial charge in [0, 0.05) is 6.04 Å². The van der Waals surface area contributed by atoms with Gasteiger partial charge in [-0.1, -0.05) is 74.0 Å². The van der Waals surface area contributed by atoms with Crippen LogP contribution in [0.1, 0.15) is 76.5 Å². The van der Waals surface area contributed by atoms with E-state index < -0.39 is 23.8 Å². The van der Waals surface area contributed by atoms with E-state index in [2.05, 4.69) is 41.1 Å². The molecule has 1 aliphatic rings. The third-order valence-corrected chi connectivity index (χ3v) is 6.83. The molecule has 0 spiro atoms. The van der Waals surface area contributed by atoms with Gasteiger partial charge in [-0.3, -0.25) is 4.79 Å². The van der Waals surface area contributed by atoms with Crippen LogP contribution in [0.15, 0.2) is 54.6 Å². The molecule has 212 valence electrons. The van der Waals surface area contributed by atoms with Gasteiger partial charge in [-0.15, -0.1) is 0 Å². The van der Waals surface area contributed by atoms with Crippen LogP contribution in [-0.4, -0.2) is 41.8 Å². The molecule has 0 aliphatic heterocycles. The van der Waals surface area contributed by atoms with E-state index >= 15 is 0 Å². The van der Waals surface area contributed by atoms with Crippen LogP contribution in [0.25, 0.3) is 0 Å². The van der Waals surface area contributed by atoms with Crippen LogP contribution in [0.5, 0.6) is 0 Å². The molecule has 1 fully saturated rings. The molecule has 2 aromatic rings. The first-order chi connectivity index (χ1) is 18.4. The van der Waals surface area contributed by atoms with Crippen LogP contribution < -0.4 is 16.0 Å². The molecule has 0 aromatic heterocycles. The predicted octanol–water partition coefficient (Wildman–Crippen LogP) is 5.59. The van der Waals surface area contributed by atoms with Gasteiger partial charge in [-0.05, 0) is 69.9 Å². The normalized spacial score (nSPS) is 20.0. The van der Waals surface area contributed by atoms with E-state index in [1.165, 1.54) is 11.1 Å². The smallest absolute Gasteiger partial charge is 0.408 e. The number of benzene rings is 2. The molecular formula is C31H43N3O5. The van der Waals surface area contributed by atoms with Gasteiger partial charge in [-0.2, -0.15) is 0 Å². The van der Waals surface area contributed by atoms with Crippen molar-refractivity contribution in [1.29, 1.82) is 0 Å². The van der Waals surface area contributed by atoms with Crippen molar-refractivity contribution in [2.45, 2.75) is 97.1 Å². The lowest BCUT2D eigenvalue weighted by Crippen LogP contribution is -2.59. The number of nitrogens with one attached hydrogen (secondary N) is 3. The number of amides is 3. The van der Waals surface area contributed by atoms with Gasteiger partial charge < -0.3 is 25.4 Å². The number of alkyl carbamates (subject to hydrolysis) is 2. The van der Waals surface area contributed by atoms with Crippen molar-refractivity contribution in [3.63, 3.8) is 0 Å². The Morgan fingerprint density at radius 1 is 0.923 bits per heavy atom. The first kappa shape index (κ1) is 30.0. The fourth-order valence-corrected chi connectivity index (χ4v) is 4.89. The second-order valence-corrected chi connectivity index (χ2v) is 11.7. The minimum atomic E-state index is -0.796. The summed E-state index contributed by atoms with van der Waals surface area (Å²) in [7, 11) is 0. The average molecular weight is 538 g/mol. The quantitative estimate of drug-likeness (QED) is 0.407. The summed E-state index contributed by atoms with van der Waals surface area (Å²) in [5.74, 6) is -0.261. The topological polar surface area (TPSA) is 106 Å². The van der Waals surface area contributed by atoms with Crippen molar-refractivity contribution in [3.05, 3.63) is 71.3 Å². The van der Waals surface area contributed by atoms with Crippen molar-refractivity contribution in [3.8, 4) is 0 Å². The highest BCUT2D eigenvalue weighted by molar-refractivity contribution is 5.86. The first-order valence-electron chi connectivity index (χ1n) is 13.7. The molecule has 8 nitrogen and oxygen atoms in total. The van der Waals surface area contributed by atoms with E-state index in [0.29, 0.717) is 12.8 Å². The third-order valence-electron chi connectivity index (χ3n) is 6.83. The molecule has 4 atom stereocenters. The Hall–Kier alpha value is -3.55. The lowest BCUT2D eigenvalue weighted by molar-refractivity contribution is -0.125. The highest BCUT2D eigenvalue weighted by Crippen LogP contribution is 2.34. The first-order valence-corrected chi connectivity index (χ1v) is 13.7. The highest BCUT2D eigenvalue weighted by atomic mass is 16.6. The minimum absolute atomic E-state index is 0.113. The molecule has 0 saturated heterocycles. The standard InChI is InChI=1S/C31H43N3O5/c1-20(2)27(34-29(36)38-19-22-12-8-7-9-13-22)28(35)32-26-18-24(23-14-10-11-21(3)17-23)15-16-25(26)33-30(37)39-31(4,5)6/h7-14,17,20,24-27H,15-16,18-19H2,1-6H3,(H,32,35)(H,33,37)(H,34,36)/t24-,25-,26-,27-/m0/s1. The second kappa shape index (κ2) is 13.5. The largest absolute Gasteiger partial charge is 0.445 e. The molecule has 3 rings (SSSR count). The average Bonchev–Trinajstić information content (AvgIpc) is 2.86. The maximum absolute atomic E-state index is 13.5. The van der Waals surface area contributed by atoms with Gasteiger partial charge in [0.15, 0.2) is 0 Å². The van der Waals surface area contributed by atoms with Crippen molar-refractivity contribution < 1.29 is 23.9 Å². The second-order valence-electron chi connectivity index (χ2n) is 11.7. The number of hydrogen-bond donors (Lipinski definition) is 3. The molecule has 2 aromatic carbocycles. The maximum atomic E-state index is 13.5. The lowest BCUT2D eigenvalue weighted by Gasteiger charge is -2.38. The summed E-state index contributed by atoms with van der Waals surface area (Å²) in [6.07, 6.45) is 1.04. The zero-order chi connectivity index (χ0) is 28.6. The van der Waals surface area contributed by atoms with Gasteiger partial charge in [0.1, 0.15) is 18.2 Å². The van der Waals surface area contributed by atoms with Crippen LogP contribution >= 0.6 is 0 Å². The Morgan fingerprint density at radius 3 is 2.28 bits per heavy atom. The summed E-state index contributed by atoms with van der Waals surface area (Å²) >= 11 is 0. The van der Waals surface area contributed by atoms with E-state index in [1.54, 1.807) is 0 Å². The van der Waals surface area contributed by atoms with Crippen molar-refractivity contribution in [2.24, 2.45) is 5.92 Å². The summed E-state index contributed by atoms with van der Waals surface area (Å²) < 4.78 is 10.8. The fourth-order valence-electron chi connectivity index (χ4n) is 4.89. The summed E-state index contributed by atoms with van der Waals surface area (Å²) in [5.41, 5.74) is 2.63. The van der Waals surface area contributed by atoms with Crippen LogP contribution in [0.3, 0.4) is 0 Å². The Bertz CT molecular complexity index is 1110. The van der Waals surface area contributed by atoms with Crippen LogP contribution in [-0.2, 0) is 20.9 Å². The predicted molar refractivity (Wildman–Crippen MR) is 151 cm³/mol. The van der Waals surface area contributed by atoms with Crippen LogP contribution in [0.2, 0.25) is 0 Å². The molecule has 0 unspecified atom stereocenters. The maximum Gasteiger partial charge on any atom is 0.408 e. The van der Waals surface area contributed by atoms with Crippen LogP contribution in [0.4, 0.5) is 9.59 Å². The van der Waals surface area contributed by atoms with Crippen molar-refractivity contribution in [1.82, 2.24) is 16.0 Å². The van der Waals surface area contributed by atoms with Crippen molar-refractivity contribution in [2.75, 3.05) is 0 Å². The summed E-state index contributed by atoms with van der Waals surface area (Å²) in [6, 6.07) is 16.3. The lowest BCUT2D eigenvalue weighted by atomic mass is 9.78. The van der Waals surface area contributed by atoms with E-state index in [4.69, 9.17) is 9.47 Å². The van der Waals surface area contributed by atoms with E-state index in [0.717, 1.165) is 12.0 Å². The van der Waals surface area contributed by atoms with E-state index in [-0.39, 0.29) is 36.4 Å². The van der Waals surface area contributed by atoms with Gasteiger partial charge in [0.05, 0.1) is 6.04 Å². The Labute approximate surface area is 232 Å². The molecule has 1 aliphatic carbocycles. The van der Waals surface area contributed by atoms with Gasteiger partial charge in [0.2, 0.25) is 5.91 Å². The van der Waals surface area contributed by atoms with Crippen LogP contribution in [0, 0.1) is 12.8 Å². The monoisotopic (exact) mass is 537 g/mol. The third kappa shape index (κ3) is 9.61. The van der Waals surface area contributed by atoms with Gasteiger partial charge in [-0.25, -0.2) is 9.59 Å². The Kier molecular flexibility index (Phi) is 10.4. The molecule has 3 N–H and O–H groups in total. The molecule has 1 saturated carbocycles. The van der Waals surface area contributed by atoms with E-state index in [1.807, 2.05) is 71.0 Å². The minimum Gasteiger partial charge on any atom is -0.445 e.